The highest BCUT2D eigenvalue weighted by molar-refractivity contribution is 5.66. The molecule has 0 aliphatic rings. The van der Waals surface area contributed by atoms with E-state index in [1.54, 1.807) is 0 Å². The summed E-state index contributed by atoms with van der Waals surface area (Å²) in [7, 11) is 1.43. The molecule has 0 unspecified atom stereocenters. The van der Waals surface area contributed by atoms with Crippen LogP contribution in [0.15, 0.2) is 0 Å². The van der Waals surface area contributed by atoms with Crippen LogP contribution in [0, 0.1) is 5.92 Å². The Morgan fingerprint density at radius 1 is 1.60 bits per heavy atom. The van der Waals surface area contributed by atoms with Crippen LogP contribution in [-0.4, -0.2) is 19.7 Å². The predicted molar refractivity (Wildman–Crippen MR) is 38.9 cm³/mol. The van der Waals surface area contributed by atoms with E-state index in [1.165, 1.54) is 7.05 Å². The average molecular weight is 144 g/mol. The molecule has 10 heavy (non-hydrogen) atoms. The van der Waals surface area contributed by atoms with Gasteiger partial charge in [0.15, 0.2) is 0 Å². The summed E-state index contributed by atoms with van der Waals surface area (Å²) >= 11 is 0. The van der Waals surface area contributed by atoms with Gasteiger partial charge in [0.05, 0.1) is 6.61 Å². The van der Waals surface area contributed by atoms with Crippen molar-refractivity contribution in [3.05, 3.63) is 0 Å². The van der Waals surface area contributed by atoms with Gasteiger partial charge in [0.1, 0.15) is 0 Å². The lowest BCUT2D eigenvalue weighted by atomic mass is 10.1. The van der Waals surface area contributed by atoms with Gasteiger partial charge < -0.3 is 4.74 Å². The van der Waals surface area contributed by atoms with Crippen molar-refractivity contribution in [3.8, 4) is 0 Å². The summed E-state index contributed by atoms with van der Waals surface area (Å²) in [6.07, 6.45) is 0.432. The number of hydrogen-bond acceptors (Lipinski definition) is 2. The summed E-state index contributed by atoms with van der Waals surface area (Å²) in [5.41, 5.74) is 0. The lowest BCUT2D eigenvalue weighted by Gasteiger charge is -2.03. The van der Waals surface area contributed by atoms with Crippen molar-refractivity contribution in [2.24, 2.45) is 5.92 Å². The first-order valence-corrected chi connectivity index (χ1v) is 3.43. The molecule has 0 heterocycles. The van der Waals surface area contributed by atoms with Crippen LogP contribution in [0.5, 0.6) is 0 Å². The quantitative estimate of drug-likeness (QED) is 0.600. The molecule has 59 valence electrons. The van der Waals surface area contributed by atoms with Crippen molar-refractivity contribution < 1.29 is 9.53 Å². The lowest BCUT2D eigenvalue weighted by molar-refractivity contribution is 0.142. The molecule has 0 rings (SSSR count). The van der Waals surface area contributed by atoms with E-state index in [2.05, 4.69) is 19.2 Å². The maximum atomic E-state index is 10.4. The van der Waals surface area contributed by atoms with Crippen LogP contribution in [-0.2, 0) is 4.74 Å². The number of ether oxygens (including phenoxy) is 1. The first kappa shape index (κ1) is 9.27. The van der Waals surface area contributed by atoms with Crippen LogP contribution in [0.1, 0.15) is 20.3 Å². The van der Waals surface area contributed by atoms with Crippen molar-refractivity contribution in [2.75, 3.05) is 13.7 Å². The molecule has 3 heteroatoms. The SMILES string of the molecule is C[N]C(=O)OCCC(C)C. The van der Waals surface area contributed by atoms with E-state index in [1.807, 2.05) is 0 Å². The predicted octanol–water partition coefficient (Wildman–Crippen LogP) is 1.40. The molecule has 0 saturated heterocycles. The zero-order valence-corrected chi connectivity index (χ0v) is 6.76. The van der Waals surface area contributed by atoms with Crippen LogP contribution in [0.3, 0.4) is 0 Å². The second-order valence-electron chi connectivity index (χ2n) is 2.52. The van der Waals surface area contributed by atoms with Gasteiger partial charge in [-0.15, -0.1) is 0 Å². The average Bonchev–Trinajstić information content (AvgIpc) is 1.87. The Morgan fingerprint density at radius 3 is 2.60 bits per heavy atom. The molecule has 3 nitrogen and oxygen atoms in total. The minimum Gasteiger partial charge on any atom is -0.448 e. The van der Waals surface area contributed by atoms with Crippen molar-refractivity contribution in [2.45, 2.75) is 20.3 Å². The third kappa shape index (κ3) is 5.41. The highest BCUT2D eigenvalue weighted by Gasteiger charge is 1.99. The Labute approximate surface area is 61.8 Å². The normalized spacial score (nSPS) is 9.60. The smallest absolute Gasteiger partial charge is 0.428 e. The van der Waals surface area contributed by atoms with Gasteiger partial charge in [-0.3, -0.25) is 0 Å². The van der Waals surface area contributed by atoms with Crippen molar-refractivity contribution in [1.29, 1.82) is 0 Å². The van der Waals surface area contributed by atoms with E-state index >= 15 is 0 Å². The molecular weight excluding hydrogens is 130 g/mol. The summed E-state index contributed by atoms with van der Waals surface area (Å²) in [6, 6.07) is 0. The van der Waals surface area contributed by atoms with E-state index in [-0.39, 0.29) is 0 Å². The molecule has 0 atom stereocenters. The zero-order chi connectivity index (χ0) is 7.98. The molecular formula is C7H14NO2. The van der Waals surface area contributed by atoms with Gasteiger partial charge in [0.2, 0.25) is 0 Å². The molecule has 0 aromatic rings. The highest BCUT2D eigenvalue weighted by atomic mass is 16.5. The maximum Gasteiger partial charge on any atom is 0.428 e. The molecule has 0 aromatic heterocycles. The van der Waals surface area contributed by atoms with Crippen LogP contribution < -0.4 is 5.32 Å². The second kappa shape index (κ2) is 5.09. The van der Waals surface area contributed by atoms with E-state index in [0.29, 0.717) is 12.5 Å². The molecule has 0 saturated carbocycles. The van der Waals surface area contributed by atoms with Gasteiger partial charge in [-0.2, -0.15) is 0 Å². The summed E-state index contributed by atoms with van der Waals surface area (Å²) < 4.78 is 4.70. The van der Waals surface area contributed by atoms with Gasteiger partial charge in [0, 0.05) is 7.05 Å². The molecule has 0 N–H and O–H groups in total. The number of nitrogens with zero attached hydrogens (tertiary/aromatic N) is 1. The standard InChI is InChI=1S/C7H14NO2/c1-6(2)4-5-10-7(9)8-3/h6H,4-5H2,1-3H3. The van der Waals surface area contributed by atoms with E-state index in [9.17, 15) is 4.79 Å². The minimum atomic E-state index is -0.472. The molecule has 0 fully saturated rings. The fraction of sp³-hybridized carbons (Fsp3) is 0.857. The Morgan fingerprint density at radius 2 is 2.20 bits per heavy atom. The van der Waals surface area contributed by atoms with Crippen LogP contribution in [0.4, 0.5) is 4.79 Å². The Kier molecular flexibility index (Phi) is 4.72. The zero-order valence-electron chi connectivity index (χ0n) is 6.76. The molecule has 0 bridgehead atoms. The van der Waals surface area contributed by atoms with Crippen LogP contribution in [0.2, 0.25) is 0 Å². The molecule has 0 aliphatic carbocycles. The van der Waals surface area contributed by atoms with Crippen molar-refractivity contribution >= 4 is 6.09 Å². The summed E-state index contributed by atoms with van der Waals surface area (Å²) in [4.78, 5) is 10.4. The highest BCUT2D eigenvalue weighted by Crippen LogP contribution is 1.98. The van der Waals surface area contributed by atoms with E-state index < -0.39 is 6.09 Å². The molecule has 0 spiro atoms. The van der Waals surface area contributed by atoms with Gasteiger partial charge in [-0.1, -0.05) is 13.8 Å². The third-order valence-electron chi connectivity index (χ3n) is 1.10. The Hall–Kier alpha value is -0.730. The summed E-state index contributed by atoms with van der Waals surface area (Å²) in [5.74, 6) is 0.574. The lowest BCUT2D eigenvalue weighted by Crippen LogP contribution is -2.13. The molecule has 1 radical (unpaired) electrons. The molecule has 1 amide bonds. The van der Waals surface area contributed by atoms with Crippen molar-refractivity contribution in [3.63, 3.8) is 0 Å². The topological polar surface area (TPSA) is 40.4 Å². The molecule has 0 aromatic carbocycles. The first-order chi connectivity index (χ1) is 4.66. The largest absolute Gasteiger partial charge is 0.448 e. The minimum absolute atomic E-state index is 0.472. The Balaban J connectivity index is 3.12. The number of carbonyl (C=O) groups excluding carboxylic acids is 1. The van der Waals surface area contributed by atoms with Gasteiger partial charge >= 0.3 is 6.09 Å². The fourth-order valence-electron chi connectivity index (χ4n) is 0.446. The monoisotopic (exact) mass is 144 g/mol. The number of hydrogen-bond donors (Lipinski definition) is 0. The van der Waals surface area contributed by atoms with Gasteiger partial charge in [0.25, 0.3) is 0 Å². The van der Waals surface area contributed by atoms with Crippen LogP contribution >= 0.6 is 0 Å². The first-order valence-electron chi connectivity index (χ1n) is 3.43. The molecule has 0 aliphatic heterocycles. The maximum absolute atomic E-state index is 10.4. The Bertz CT molecular complexity index is 102. The number of amides is 1. The number of rotatable bonds is 3. The fourth-order valence-corrected chi connectivity index (χ4v) is 0.446. The van der Waals surface area contributed by atoms with Crippen LogP contribution in [0.25, 0.3) is 0 Å². The second-order valence-corrected chi connectivity index (χ2v) is 2.52. The summed E-state index contributed by atoms with van der Waals surface area (Å²) in [5, 5.41) is 3.32. The van der Waals surface area contributed by atoms with E-state index in [0.717, 1.165) is 6.42 Å². The number of carbonyl (C=O) groups is 1. The van der Waals surface area contributed by atoms with Gasteiger partial charge in [-0.25, -0.2) is 10.1 Å². The van der Waals surface area contributed by atoms with Crippen molar-refractivity contribution in [1.82, 2.24) is 5.32 Å². The van der Waals surface area contributed by atoms with E-state index in [4.69, 9.17) is 4.74 Å². The summed E-state index contributed by atoms with van der Waals surface area (Å²) in [6.45, 7) is 4.64. The van der Waals surface area contributed by atoms with Gasteiger partial charge in [-0.05, 0) is 12.3 Å². The third-order valence-corrected chi connectivity index (χ3v) is 1.10.